The average Bonchev–Trinajstić information content (AvgIpc) is 3.34. The van der Waals surface area contributed by atoms with Gasteiger partial charge in [0.2, 0.25) is 15.6 Å². The number of benzene rings is 5. The molecule has 1 atom stereocenters. The molecule has 1 aliphatic heterocycles. The van der Waals surface area contributed by atoms with Crippen molar-refractivity contribution in [2.75, 3.05) is 4.90 Å². The molecule has 0 fully saturated rings. The van der Waals surface area contributed by atoms with Gasteiger partial charge in [0.1, 0.15) is 17.1 Å². The maximum absolute atomic E-state index is 14.6. The van der Waals surface area contributed by atoms with E-state index in [1.807, 2.05) is 116 Å². The third-order valence-electron chi connectivity index (χ3n) is 7.35. The highest BCUT2D eigenvalue weighted by molar-refractivity contribution is 7.95. The van der Waals surface area contributed by atoms with Crippen molar-refractivity contribution in [3.05, 3.63) is 179 Å². The summed E-state index contributed by atoms with van der Waals surface area (Å²) in [4.78, 5) is 16.1. The van der Waals surface area contributed by atoms with E-state index in [1.54, 1.807) is 36.4 Å². The number of nitrogens with zero attached hydrogens (tertiary/aromatic N) is 1. The highest BCUT2D eigenvalue weighted by Gasteiger charge is 2.49. The summed E-state index contributed by atoms with van der Waals surface area (Å²) in [6.07, 6.45) is -0.721. The van der Waals surface area contributed by atoms with Gasteiger partial charge in [-0.05, 0) is 47.9 Å². The molecule has 0 aliphatic carbocycles. The van der Waals surface area contributed by atoms with Crippen LogP contribution < -0.4 is 4.90 Å². The maximum atomic E-state index is 14.6. The number of hydrogen-bond donors (Lipinski definition) is 0. The van der Waals surface area contributed by atoms with E-state index in [0.29, 0.717) is 11.3 Å². The Morgan fingerprint density at radius 1 is 0.643 bits per heavy atom. The van der Waals surface area contributed by atoms with Crippen LogP contribution >= 0.6 is 0 Å². The molecule has 5 aromatic carbocycles. The van der Waals surface area contributed by atoms with E-state index in [4.69, 9.17) is 4.74 Å². The van der Waals surface area contributed by atoms with Crippen molar-refractivity contribution < 1.29 is 17.9 Å². The number of carbonyl (C=O) groups is 1. The van der Waals surface area contributed by atoms with Gasteiger partial charge in [-0.15, -0.1) is 0 Å². The van der Waals surface area contributed by atoms with Crippen LogP contribution in [0.1, 0.15) is 34.4 Å². The molecule has 0 N–H and O–H groups in total. The molecule has 5 nitrogen and oxygen atoms in total. The second kappa shape index (κ2) is 11.5. The first-order chi connectivity index (χ1) is 20.4. The topological polar surface area (TPSA) is 63.7 Å². The smallest absolute Gasteiger partial charge is 0.295 e. The zero-order valence-electron chi connectivity index (χ0n) is 23.0. The first-order valence-corrected chi connectivity index (χ1v) is 15.2. The number of hydrogen-bond acceptors (Lipinski definition) is 4. The molecule has 0 saturated carbocycles. The molecule has 1 unspecified atom stereocenters. The van der Waals surface area contributed by atoms with Crippen molar-refractivity contribution in [1.82, 2.24) is 0 Å². The van der Waals surface area contributed by atoms with Gasteiger partial charge in [0.15, 0.2) is 0 Å². The van der Waals surface area contributed by atoms with Gasteiger partial charge in [0.25, 0.3) is 5.91 Å². The number of anilines is 1. The summed E-state index contributed by atoms with van der Waals surface area (Å²) in [5.41, 5.74) is 3.76. The van der Waals surface area contributed by atoms with E-state index in [-0.39, 0.29) is 15.6 Å². The van der Waals surface area contributed by atoms with E-state index in [9.17, 15) is 13.2 Å². The zero-order valence-corrected chi connectivity index (χ0v) is 23.8. The molecule has 0 spiro atoms. The third-order valence-corrected chi connectivity index (χ3v) is 9.23. The number of sulfone groups is 1. The van der Waals surface area contributed by atoms with Gasteiger partial charge >= 0.3 is 0 Å². The van der Waals surface area contributed by atoms with Gasteiger partial charge in [-0.2, -0.15) is 0 Å². The summed E-state index contributed by atoms with van der Waals surface area (Å²) < 4.78 is 35.9. The fourth-order valence-electron chi connectivity index (χ4n) is 5.29. The molecule has 6 rings (SSSR count). The van der Waals surface area contributed by atoms with Crippen LogP contribution in [0.4, 0.5) is 5.69 Å². The van der Waals surface area contributed by atoms with Crippen molar-refractivity contribution in [2.24, 2.45) is 0 Å². The molecular weight excluding hydrogens is 542 g/mol. The average molecular weight is 572 g/mol. The lowest BCUT2D eigenvalue weighted by atomic mass is 10.0. The Balaban J connectivity index is 1.61. The molecule has 1 amide bonds. The Hall–Kier alpha value is -4.94. The molecular formula is C36H29NO4S. The minimum atomic E-state index is -4.19. The van der Waals surface area contributed by atoms with E-state index in [2.05, 4.69) is 0 Å². The van der Waals surface area contributed by atoms with Crippen molar-refractivity contribution in [3.63, 3.8) is 0 Å². The number of amides is 1. The van der Waals surface area contributed by atoms with E-state index in [0.717, 1.165) is 16.7 Å². The van der Waals surface area contributed by atoms with Gasteiger partial charge < -0.3 is 4.74 Å². The number of para-hydroxylation sites is 1. The van der Waals surface area contributed by atoms with Crippen molar-refractivity contribution >= 4 is 21.4 Å². The summed E-state index contributed by atoms with van der Waals surface area (Å²) in [6.45, 7) is 1.90. The summed E-state index contributed by atoms with van der Waals surface area (Å²) in [5, 5.41) is 0. The van der Waals surface area contributed by atoms with Crippen LogP contribution in [-0.2, 0) is 19.4 Å². The SMILES string of the molecule is Cc1ccc(S(=O)(=O)C2=C(OC(c3ccccc3)c3ccccc3)C(=O)N(c3ccccc3)C2c2ccccc2)cc1. The molecule has 1 aliphatic rings. The van der Waals surface area contributed by atoms with E-state index in [1.165, 1.54) is 4.90 Å². The van der Waals surface area contributed by atoms with Gasteiger partial charge in [0.05, 0.1) is 4.90 Å². The molecule has 208 valence electrons. The van der Waals surface area contributed by atoms with Crippen molar-refractivity contribution in [2.45, 2.75) is 24.0 Å². The third kappa shape index (κ3) is 5.13. The summed E-state index contributed by atoms with van der Waals surface area (Å²) in [5.74, 6) is -0.705. The van der Waals surface area contributed by atoms with Crippen molar-refractivity contribution in [3.8, 4) is 0 Å². The minimum Gasteiger partial charge on any atom is -0.474 e. The number of aryl methyl sites for hydroxylation is 1. The van der Waals surface area contributed by atoms with Crippen LogP contribution in [0, 0.1) is 6.92 Å². The molecule has 0 saturated heterocycles. The fourth-order valence-corrected chi connectivity index (χ4v) is 6.95. The summed E-state index contributed by atoms with van der Waals surface area (Å²) >= 11 is 0. The Labute approximate surface area is 246 Å². The second-order valence-corrected chi connectivity index (χ2v) is 12.1. The van der Waals surface area contributed by atoms with Crippen LogP contribution in [0.5, 0.6) is 0 Å². The number of rotatable bonds is 8. The Morgan fingerprint density at radius 2 is 1.12 bits per heavy atom. The Kier molecular flexibility index (Phi) is 7.46. The molecule has 1 heterocycles. The molecule has 6 heteroatoms. The fraction of sp³-hybridized carbons (Fsp3) is 0.0833. The first-order valence-electron chi connectivity index (χ1n) is 13.7. The van der Waals surface area contributed by atoms with Crippen LogP contribution in [0.2, 0.25) is 0 Å². The highest BCUT2D eigenvalue weighted by atomic mass is 32.2. The normalized spacial score (nSPS) is 15.3. The largest absolute Gasteiger partial charge is 0.474 e. The molecule has 0 radical (unpaired) electrons. The van der Waals surface area contributed by atoms with Crippen molar-refractivity contribution in [1.29, 1.82) is 0 Å². The lowest BCUT2D eigenvalue weighted by molar-refractivity contribution is -0.118. The minimum absolute atomic E-state index is 0.0803. The quantitative estimate of drug-likeness (QED) is 0.193. The summed E-state index contributed by atoms with van der Waals surface area (Å²) in [6, 6.07) is 43.1. The predicted octanol–water partition coefficient (Wildman–Crippen LogP) is 7.57. The standard InChI is InChI=1S/C36H29NO4S/c1-26-22-24-31(25-23-26)42(39,40)35-32(27-14-6-2-7-15-27)37(30-20-12-5-13-21-30)36(38)34(35)41-33(28-16-8-3-9-17-28)29-18-10-4-11-19-29/h2-25,32-33H,1H3. The Bertz CT molecular complexity index is 1780. The molecule has 5 aromatic rings. The molecule has 42 heavy (non-hydrogen) atoms. The van der Waals surface area contributed by atoms with Crippen LogP contribution in [-0.4, -0.2) is 14.3 Å². The number of ether oxygens (including phenoxy) is 1. The Morgan fingerprint density at radius 3 is 1.64 bits per heavy atom. The van der Waals surface area contributed by atoms with Crippen LogP contribution in [0.25, 0.3) is 0 Å². The lowest BCUT2D eigenvalue weighted by Gasteiger charge is -2.27. The number of carbonyl (C=O) groups excluding carboxylic acids is 1. The van der Waals surface area contributed by atoms with Gasteiger partial charge in [-0.3, -0.25) is 9.69 Å². The van der Waals surface area contributed by atoms with Crippen LogP contribution in [0.3, 0.4) is 0 Å². The summed E-state index contributed by atoms with van der Waals surface area (Å²) in [7, 11) is -4.19. The first kappa shape index (κ1) is 27.2. The monoisotopic (exact) mass is 571 g/mol. The van der Waals surface area contributed by atoms with Crippen LogP contribution in [0.15, 0.2) is 161 Å². The second-order valence-electron chi connectivity index (χ2n) is 10.2. The maximum Gasteiger partial charge on any atom is 0.295 e. The van der Waals surface area contributed by atoms with Gasteiger partial charge in [-0.1, -0.05) is 127 Å². The lowest BCUT2D eigenvalue weighted by Crippen LogP contribution is -2.31. The van der Waals surface area contributed by atoms with Gasteiger partial charge in [0, 0.05) is 5.69 Å². The zero-order chi connectivity index (χ0) is 29.1. The van der Waals surface area contributed by atoms with E-state index >= 15 is 0 Å². The van der Waals surface area contributed by atoms with Gasteiger partial charge in [-0.25, -0.2) is 8.42 Å². The molecule has 0 aromatic heterocycles. The highest BCUT2D eigenvalue weighted by Crippen LogP contribution is 2.47. The molecule has 0 bridgehead atoms. The van der Waals surface area contributed by atoms with E-state index < -0.39 is 27.9 Å². The predicted molar refractivity (Wildman–Crippen MR) is 164 cm³/mol.